The molecular weight excluding hydrogens is 218 g/mol. The van der Waals surface area contributed by atoms with Gasteiger partial charge in [0.05, 0.1) is 5.92 Å². The van der Waals surface area contributed by atoms with E-state index in [1.165, 1.54) is 11.0 Å². The van der Waals surface area contributed by atoms with Gasteiger partial charge in [-0.15, -0.1) is 0 Å². The summed E-state index contributed by atoms with van der Waals surface area (Å²) in [6, 6.07) is 0. The van der Waals surface area contributed by atoms with Gasteiger partial charge in [-0.2, -0.15) is 0 Å². The van der Waals surface area contributed by atoms with Gasteiger partial charge in [0.25, 0.3) is 0 Å². The Kier molecular flexibility index (Phi) is 3.76. The molecule has 0 aliphatic carbocycles. The second-order valence-corrected chi connectivity index (χ2v) is 5.18. The Morgan fingerprint density at radius 1 is 1.35 bits per heavy atom. The van der Waals surface area contributed by atoms with Crippen molar-refractivity contribution >= 4 is 11.9 Å². The van der Waals surface area contributed by atoms with E-state index in [2.05, 4.69) is 13.2 Å². The van der Waals surface area contributed by atoms with Crippen LogP contribution in [-0.2, 0) is 9.53 Å². The number of carbonyl (C=O) groups excluding carboxylic acids is 2. The van der Waals surface area contributed by atoms with Crippen molar-refractivity contribution in [2.75, 3.05) is 13.1 Å². The lowest BCUT2D eigenvalue weighted by molar-refractivity contribution is -0.123. The number of amides is 1. The Morgan fingerprint density at radius 3 is 2.29 bits per heavy atom. The van der Waals surface area contributed by atoms with E-state index in [0.717, 1.165) is 0 Å². The van der Waals surface area contributed by atoms with Crippen LogP contribution in [0.1, 0.15) is 20.8 Å². The molecule has 0 aromatic rings. The van der Waals surface area contributed by atoms with Gasteiger partial charge in [0.2, 0.25) is 0 Å². The second-order valence-electron chi connectivity index (χ2n) is 5.18. The normalized spacial score (nSPS) is 16.1. The van der Waals surface area contributed by atoms with Crippen LogP contribution in [0.2, 0.25) is 0 Å². The SMILES string of the molecule is C=CC(=C)C(=O)C1CN(C(=O)OC(C)(C)C)C1. The minimum atomic E-state index is -0.503. The van der Waals surface area contributed by atoms with Gasteiger partial charge >= 0.3 is 6.09 Å². The summed E-state index contributed by atoms with van der Waals surface area (Å²) in [6.07, 6.45) is 1.07. The first kappa shape index (κ1) is 13.5. The van der Waals surface area contributed by atoms with Crippen molar-refractivity contribution in [3.8, 4) is 0 Å². The molecule has 0 N–H and O–H groups in total. The van der Waals surface area contributed by atoms with Crippen molar-refractivity contribution < 1.29 is 14.3 Å². The predicted molar refractivity (Wildman–Crippen MR) is 65.6 cm³/mol. The summed E-state index contributed by atoms with van der Waals surface area (Å²) in [5, 5.41) is 0. The standard InChI is InChI=1S/C13H19NO3/c1-6-9(2)11(15)10-7-14(8-10)12(16)17-13(3,4)5/h6,10H,1-2,7-8H2,3-5H3. The van der Waals surface area contributed by atoms with Crippen LogP contribution in [0.15, 0.2) is 24.8 Å². The topological polar surface area (TPSA) is 46.6 Å². The summed E-state index contributed by atoms with van der Waals surface area (Å²) in [7, 11) is 0. The summed E-state index contributed by atoms with van der Waals surface area (Å²) >= 11 is 0. The Morgan fingerprint density at radius 2 is 1.88 bits per heavy atom. The highest BCUT2D eigenvalue weighted by Gasteiger charge is 2.37. The fourth-order valence-corrected chi connectivity index (χ4v) is 1.48. The van der Waals surface area contributed by atoms with E-state index in [-0.39, 0.29) is 17.8 Å². The van der Waals surface area contributed by atoms with E-state index >= 15 is 0 Å². The van der Waals surface area contributed by atoms with Crippen LogP contribution in [0.3, 0.4) is 0 Å². The van der Waals surface area contributed by atoms with Gasteiger partial charge in [0, 0.05) is 18.7 Å². The van der Waals surface area contributed by atoms with Gasteiger partial charge < -0.3 is 9.64 Å². The van der Waals surface area contributed by atoms with Gasteiger partial charge in [-0.3, -0.25) is 4.79 Å². The first-order valence-corrected chi connectivity index (χ1v) is 5.58. The highest BCUT2D eigenvalue weighted by atomic mass is 16.6. The maximum atomic E-state index is 11.7. The minimum Gasteiger partial charge on any atom is -0.444 e. The molecule has 1 heterocycles. The van der Waals surface area contributed by atoms with Crippen molar-refractivity contribution in [1.82, 2.24) is 4.90 Å². The van der Waals surface area contributed by atoms with Crippen molar-refractivity contribution in [3.05, 3.63) is 24.8 Å². The number of Topliss-reactive ketones (excluding diaryl/α,β-unsaturated/α-hetero) is 1. The molecular formula is C13H19NO3. The van der Waals surface area contributed by atoms with E-state index in [9.17, 15) is 9.59 Å². The summed E-state index contributed by atoms with van der Waals surface area (Å²) in [5.74, 6) is -0.201. The third kappa shape index (κ3) is 3.44. The van der Waals surface area contributed by atoms with Crippen LogP contribution < -0.4 is 0 Å². The molecule has 1 amide bonds. The van der Waals surface area contributed by atoms with E-state index in [1.54, 1.807) is 0 Å². The van der Waals surface area contributed by atoms with Gasteiger partial charge in [0.1, 0.15) is 5.60 Å². The van der Waals surface area contributed by atoms with Crippen LogP contribution in [0.25, 0.3) is 0 Å². The minimum absolute atomic E-state index is 0.0418. The van der Waals surface area contributed by atoms with Crippen molar-refractivity contribution in [1.29, 1.82) is 0 Å². The molecule has 0 spiro atoms. The maximum Gasteiger partial charge on any atom is 0.410 e. The van der Waals surface area contributed by atoms with Crippen molar-refractivity contribution in [2.45, 2.75) is 26.4 Å². The van der Waals surface area contributed by atoms with Gasteiger partial charge in [0.15, 0.2) is 5.78 Å². The summed E-state index contributed by atoms with van der Waals surface area (Å²) < 4.78 is 5.19. The number of ether oxygens (including phenoxy) is 1. The number of nitrogens with zero attached hydrogens (tertiary/aromatic N) is 1. The molecule has 94 valence electrons. The summed E-state index contributed by atoms with van der Waals surface area (Å²) in [4.78, 5) is 24.8. The fraction of sp³-hybridized carbons (Fsp3) is 0.538. The molecule has 0 radical (unpaired) electrons. The third-order valence-electron chi connectivity index (χ3n) is 2.47. The molecule has 0 unspecified atom stereocenters. The molecule has 0 aromatic carbocycles. The quantitative estimate of drug-likeness (QED) is 0.558. The molecule has 1 fully saturated rings. The molecule has 0 saturated carbocycles. The number of ketones is 1. The van der Waals surface area contributed by atoms with Crippen molar-refractivity contribution in [2.24, 2.45) is 5.92 Å². The molecule has 0 atom stereocenters. The maximum absolute atomic E-state index is 11.7. The van der Waals surface area contributed by atoms with Crippen LogP contribution >= 0.6 is 0 Å². The third-order valence-corrected chi connectivity index (χ3v) is 2.47. The van der Waals surface area contributed by atoms with E-state index in [4.69, 9.17) is 4.74 Å². The number of likely N-dealkylation sites (tertiary alicyclic amines) is 1. The fourth-order valence-electron chi connectivity index (χ4n) is 1.48. The Balaban J connectivity index is 2.42. The van der Waals surface area contributed by atoms with Crippen LogP contribution in [0.4, 0.5) is 4.79 Å². The second kappa shape index (κ2) is 4.73. The van der Waals surface area contributed by atoms with Gasteiger partial charge in [-0.25, -0.2) is 4.79 Å². The number of rotatable bonds is 3. The Hall–Kier alpha value is -1.58. The average Bonchev–Trinajstić information content (AvgIpc) is 2.10. The molecule has 1 saturated heterocycles. The highest BCUT2D eigenvalue weighted by Crippen LogP contribution is 2.22. The lowest BCUT2D eigenvalue weighted by Gasteiger charge is -2.38. The van der Waals surface area contributed by atoms with Crippen LogP contribution in [0, 0.1) is 5.92 Å². The zero-order valence-electron chi connectivity index (χ0n) is 10.7. The molecule has 4 nitrogen and oxygen atoms in total. The van der Waals surface area contributed by atoms with Gasteiger partial charge in [-0.05, 0) is 20.8 Å². The average molecular weight is 237 g/mol. The van der Waals surface area contributed by atoms with Crippen LogP contribution in [-0.4, -0.2) is 35.5 Å². The molecule has 1 aliphatic heterocycles. The largest absolute Gasteiger partial charge is 0.444 e. The molecule has 4 heteroatoms. The van der Waals surface area contributed by atoms with E-state index in [1.807, 2.05) is 20.8 Å². The zero-order valence-corrected chi connectivity index (χ0v) is 10.7. The zero-order chi connectivity index (χ0) is 13.2. The first-order chi connectivity index (χ1) is 7.74. The van der Waals surface area contributed by atoms with Gasteiger partial charge in [-0.1, -0.05) is 19.2 Å². The molecule has 1 rings (SSSR count). The predicted octanol–water partition coefficient (Wildman–Crippen LogP) is 2.16. The Labute approximate surface area is 102 Å². The lowest BCUT2D eigenvalue weighted by atomic mass is 9.91. The summed E-state index contributed by atoms with van der Waals surface area (Å²) in [6.45, 7) is 13.3. The van der Waals surface area contributed by atoms with E-state index < -0.39 is 5.60 Å². The Bertz CT molecular complexity index is 359. The molecule has 17 heavy (non-hydrogen) atoms. The first-order valence-electron chi connectivity index (χ1n) is 5.58. The highest BCUT2D eigenvalue weighted by molar-refractivity contribution is 6.00. The van der Waals surface area contributed by atoms with E-state index in [0.29, 0.717) is 18.7 Å². The number of carbonyl (C=O) groups is 2. The number of allylic oxidation sites excluding steroid dienone is 2. The molecule has 0 bridgehead atoms. The lowest BCUT2D eigenvalue weighted by Crippen LogP contribution is -2.54. The number of hydrogen-bond donors (Lipinski definition) is 0. The summed E-state index contributed by atoms with van der Waals surface area (Å²) in [5.41, 5.74) is -0.101. The van der Waals surface area contributed by atoms with Crippen LogP contribution in [0.5, 0.6) is 0 Å². The van der Waals surface area contributed by atoms with Crippen molar-refractivity contribution in [3.63, 3.8) is 0 Å². The smallest absolute Gasteiger partial charge is 0.410 e. The molecule has 1 aliphatic rings. The monoisotopic (exact) mass is 237 g/mol. The molecule has 0 aromatic heterocycles. The number of hydrogen-bond acceptors (Lipinski definition) is 3.